The maximum atomic E-state index is 11.8. The zero-order valence-electron chi connectivity index (χ0n) is 9.63. The highest BCUT2D eigenvalue weighted by Crippen LogP contribution is 2.13. The van der Waals surface area contributed by atoms with Crippen LogP contribution < -0.4 is 5.73 Å². The summed E-state index contributed by atoms with van der Waals surface area (Å²) in [5.41, 5.74) is 6.71. The van der Waals surface area contributed by atoms with Gasteiger partial charge in [-0.25, -0.2) is 12.7 Å². The predicted octanol–water partition coefficient (Wildman–Crippen LogP) is 0.968. The van der Waals surface area contributed by atoms with Gasteiger partial charge in [0.15, 0.2) is 0 Å². The summed E-state index contributed by atoms with van der Waals surface area (Å²) in [5.74, 6) is -0.0542. The van der Waals surface area contributed by atoms with Gasteiger partial charge in [0.1, 0.15) is 0 Å². The lowest BCUT2D eigenvalue weighted by Crippen LogP contribution is -2.33. The molecule has 0 fully saturated rings. The van der Waals surface area contributed by atoms with Crippen LogP contribution in [-0.4, -0.2) is 32.1 Å². The zero-order chi connectivity index (χ0) is 12.2. The molecule has 5 heteroatoms. The summed E-state index contributed by atoms with van der Waals surface area (Å²) in [5, 5.41) is 0. The third kappa shape index (κ3) is 3.30. The maximum absolute atomic E-state index is 11.8. The first-order valence-corrected chi connectivity index (χ1v) is 6.83. The zero-order valence-corrected chi connectivity index (χ0v) is 10.4. The van der Waals surface area contributed by atoms with Crippen LogP contribution in [0.5, 0.6) is 0 Å². The second-order valence-electron chi connectivity index (χ2n) is 3.71. The lowest BCUT2D eigenvalue weighted by molar-refractivity contribution is 0.482. The summed E-state index contributed by atoms with van der Waals surface area (Å²) in [4.78, 5) is 0. The summed E-state index contributed by atoms with van der Waals surface area (Å²) in [7, 11) is -1.69. The molecule has 0 bridgehead atoms. The van der Waals surface area contributed by atoms with Crippen LogP contribution in [-0.2, 0) is 10.0 Å². The van der Waals surface area contributed by atoms with E-state index in [1.807, 2.05) is 30.3 Å². The Morgan fingerprint density at radius 3 is 2.38 bits per heavy atom. The Balaban J connectivity index is 2.76. The first-order chi connectivity index (χ1) is 7.47. The molecule has 1 atom stereocenters. The fourth-order valence-electron chi connectivity index (χ4n) is 1.35. The number of rotatable bonds is 5. The van der Waals surface area contributed by atoms with Crippen LogP contribution >= 0.6 is 0 Å². The summed E-state index contributed by atoms with van der Waals surface area (Å²) >= 11 is 0. The van der Waals surface area contributed by atoms with Crippen LogP contribution in [0.4, 0.5) is 0 Å². The quantitative estimate of drug-likeness (QED) is 0.836. The molecule has 0 aliphatic rings. The summed E-state index contributed by atoms with van der Waals surface area (Å²) in [6, 6.07) is 8.79. The first-order valence-electron chi connectivity index (χ1n) is 5.22. The van der Waals surface area contributed by atoms with Crippen molar-refractivity contribution >= 4 is 10.0 Å². The molecule has 0 aliphatic carbocycles. The molecule has 1 aromatic carbocycles. The minimum absolute atomic E-state index is 0.0542. The minimum atomic E-state index is -3.25. The second kappa shape index (κ2) is 5.43. The predicted molar refractivity (Wildman–Crippen MR) is 65.5 cm³/mol. The van der Waals surface area contributed by atoms with Gasteiger partial charge in [-0.05, 0) is 5.56 Å². The Kier molecular flexibility index (Phi) is 4.46. The molecule has 0 saturated heterocycles. The number of nitrogens with two attached hydrogens (primary N) is 1. The fourth-order valence-corrected chi connectivity index (χ4v) is 2.64. The van der Waals surface area contributed by atoms with Crippen molar-refractivity contribution < 1.29 is 8.42 Å². The average molecular weight is 242 g/mol. The van der Waals surface area contributed by atoms with Crippen molar-refractivity contribution in [3.63, 3.8) is 0 Å². The standard InChI is InChI=1S/C11H18N2O2S/c1-3-13(2)16(14,15)9-11(12)10-7-5-4-6-8-10/h4-8,11H,3,9,12H2,1-2H3. The molecular formula is C11H18N2O2S. The average Bonchev–Trinajstić information content (AvgIpc) is 2.28. The smallest absolute Gasteiger partial charge is 0.215 e. The molecule has 90 valence electrons. The van der Waals surface area contributed by atoms with Crippen molar-refractivity contribution in [2.75, 3.05) is 19.3 Å². The molecular weight excluding hydrogens is 224 g/mol. The van der Waals surface area contributed by atoms with E-state index in [1.165, 1.54) is 4.31 Å². The molecule has 0 radical (unpaired) electrons. The lowest BCUT2D eigenvalue weighted by atomic mass is 10.1. The van der Waals surface area contributed by atoms with Gasteiger partial charge in [-0.2, -0.15) is 0 Å². The number of benzene rings is 1. The summed E-state index contributed by atoms with van der Waals surface area (Å²) in [6.45, 7) is 2.26. The number of hydrogen-bond donors (Lipinski definition) is 1. The van der Waals surface area contributed by atoms with Gasteiger partial charge in [0, 0.05) is 19.6 Å². The molecule has 0 amide bonds. The molecule has 0 aliphatic heterocycles. The van der Waals surface area contributed by atoms with Crippen LogP contribution in [0, 0.1) is 0 Å². The van der Waals surface area contributed by atoms with Crippen molar-refractivity contribution in [2.24, 2.45) is 5.73 Å². The van der Waals surface area contributed by atoms with E-state index in [2.05, 4.69) is 0 Å². The van der Waals surface area contributed by atoms with Gasteiger partial charge < -0.3 is 5.73 Å². The van der Waals surface area contributed by atoms with E-state index in [1.54, 1.807) is 14.0 Å². The maximum Gasteiger partial charge on any atom is 0.215 e. The third-order valence-corrected chi connectivity index (χ3v) is 4.53. The largest absolute Gasteiger partial charge is 0.323 e. The molecule has 2 N–H and O–H groups in total. The Bertz CT molecular complexity index is 417. The Morgan fingerprint density at radius 1 is 1.31 bits per heavy atom. The van der Waals surface area contributed by atoms with E-state index in [-0.39, 0.29) is 5.75 Å². The van der Waals surface area contributed by atoms with Gasteiger partial charge >= 0.3 is 0 Å². The summed E-state index contributed by atoms with van der Waals surface area (Å²) in [6.07, 6.45) is 0. The van der Waals surface area contributed by atoms with E-state index in [9.17, 15) is 8.42 Å². The summed E-state index contributed by atoms with van der Waals surface area (Å²) < 4.78 is 24.9. The fraction of sp³-hybridized carbons (Fsp3) is 0.455. The monoisotopic (exact) mass is 242 g/mol. The van der Waals surface area contributed by atoms with Crippen LogP contribution in [0.1, 0.15) is 18.5 Å². The molecule has 16 heavy (non-hydrogen) atoms. The molecule has 0 saturated carbocycles. The topological polar surface area (TPSA) is 63.4 Å². The Morgan fingerprint density at radius 2 is 1.88 bits per heavy atom. The lowest BCUT2D eigenvalue weighted by Gasteiger charge is -2.18. The van der Waals surface area contributed by atoms with Crippen LogP contribution in [0.3, 0.4) is 0 Å². The highest BCUT2D eigenvalue weighted by Gasteiger charge is 2.20. The highest BCUT2D eigenvalue weighted by atomic mass is 32.2. The molecule has 1 unspecified atom stereocenters. The van der Waals surface area contributed by atoms with Crippen molar-refractivity contribution in [3.8, 4) is 0 Å². The van der Waals surface area contributed by atoms with Crippen molar-refractivity contribution in [1.82, 2.24) is 4.31 Å². The van der Waals surface area contributed by atoms with E-state index < -0.39 is 16.1 Å². The van der Waals surface area contributed by atoms with Gasteiger partial charge in [0.05, 0.1) is 5.75 Å². The van der Waals surface area contributed by atoms with Crippen LogP contribution in [0.2, 0.25) is 0 Å². The normalized spacial score (nSPS) is 14.0. The first kappa shape index (κ1) is 13.2. The minimum Gasteiger partial charge on any atom is -0.323 e. The van der Waals surface area contributed by atoms with E-state index in [0.29, 0.717) is 6.54 Å². The molecule has 0 heterocycles. The van der Waals surface area contributed by atoms with E-state index >= 15 is 0 Å². The SMILES string of the molecule is CCN(C)S(=O)(=O)CC(N)c1ccccc1. The Hall–Kier alpha value is -0.910. The van der Waals surface area contributed by atoms with Crippen molar-refractivity contribution in [2.45, 2.75) is 13.0 Å². The molecule has 0 aromatic heterocycles. The Labute approximate surface area is 97.1 Å². The second-order valence-corrected chi connectivity index (χ2v) is 5.83. The van der Waals surface area contributed by atoms with Crippen molar-refractivity contribution in [3.05, 3.63) is 35.9 Å². The van der Waals surface area contributed by atoms with Crippen molar-refractivity contribution in [1.29, 1.82) is 0 Å². The van der Waals surface area contributed by atoms with E-state index in [0.717, 1.165) is 5.56 Å². The molecule has 0 spiro atoms. The van der Waals surface area contributed by atoms with Crippen LogP contribution in [0.25, 0.3) is 0 Å². The van der Waals surface area contributed by atoms with Crippen LogP contribution in [0.15, 0.2) is 30.3 Å². The molecule has 4 nitrogen and oxygen atoms in total. The number of hydrogen-bond acceptors (Lipinski definition) is 3. The third-order valence-electron chi connectivity index (χ3n) is 2.54. The molecule has 1 rings (SSSR count). The van der Waals surface area contributed by atoms with Gasteiger partial charge in [0.25, 0.3) is 0 Å². The van der Waals surface area contributed by atoms with Gasteiger partial charge in [-0.1, -0.05) is 37.3 Å². The number of nitrogens with zero attached hydrogens (tertiary/aromatic N) is 1. The van der Waals surface area contributed by atoms with E-state index in [4.69, 9.17) is 5.73 Å². The van der Waals surface area contributed by atoms with Gasteiger partial charge in [-0.15, -0.1) is 0 Å². The van der Waals surface area contributed by atoms with Gasteiger partial charge in [-0.3, -0.25) is 0 Å². The van der Waals surface area contributed by atoms with Gasteiger partial charge in [0.2, 0.25) is 10.0 Å². The highest BCUT2D eigenvalue weighted by molar-refractivity contribution is 7.89. The molecule has 1 aromatic rings. The number of sulfonamides is 1.